The van der Waals surface area contributed by atoms with Crippen LogP contribution in [-0.2, 0) is 11.0 Å². The van der Waals surface area contributed by atoms with Crippen LogP contribution in [0.2, 0.25) is 0 Å². The van der Waals surface area contributed by atoms with Crippen LogP contribution in [0.5, 0.6) is 0 Å². The minimum Gasteiger partial charge on any atom is -0.388 e. The minimum atomic E-state index is -1.22. The molecule has 2 aromatic rings. The third kappa shape index (κ3) is 3.07. The van der Waals surface area contributed by atoms with E-state index in [1.54, 1.807) is 0 Å². The number of hydrogen-bond donors (Lipinski definition) is 2. The average Bonchev–Trinajstić information content (AvgIpc) is 2.40. The van der Waals surface area contributed by atoms with Crippen molar-refractivity contribution in [3.8, 4) is 0 Å². The maximum absolute atomic E-state index is 12.0. The Bertz CT molecular complexity index is 497. The Balaban J connectivity index is 2.09. The Kier molecular flexibility index (Phi) is 3.77. The molecule has 2 aromatic carbocycles. The van der Waals surface area contributed by atoms with Gasteiger partial charge >= 0.3 is 0 Å². The van der Waals surface area contributed by atoms with E-state index in [2.05, 4.69) is 10.0 Å². The summed E-state index contributed by atoms with van der Waals surface area (Å²) in [7, 11) is 0.633. The summed E-state index contributed by atoms with van der Waals surface area (Å²) < 4.78 is 14.9. The van der Waals surface area contributed by atoms with Gasteiger partial charge in [0, 0.05) is 18.4 Å². The Morgan fingerprint density at radius 3 is 2.12 bits per heavy atom. The molecule has 0 unspecified atom stereocenters. The Labute approximate surface area is 103 Å². The molecule has 0 spiro atoms. The van der Waals surface area contributed by atoms with Crippen LogP contribution in [0.3, 0.4) is 0 Å². The van der Waals surface area contributed by atoms with Crippen molar-refractivity contribution in [2.75, 3.05) is 17.1 Å². The molecular weight excluding hydrogens is 232 g/mol. The van der Waals surface area contributed by atoms with Gasteiger partial charge in [-0.15, -0.1) is 0 Å². The highest BCUT2D eigenvalue weighted by molar-refractivity contribution is 7.86. The van der Waals surface area contributed by atoms with Crippen molar-refractivity contribution in [1.29, 1.82) is 0 Å². The lowest BCUT2D eigenvalue weighted by molar-refractivity contribution is 0.686. The predicted octanol–water partition coefficient (Wildman–Crippen LogP) is 2.86. The molecule has 0 amide bonds. The fourth-order valence-electron chi connectivity index (χ4n) is 1.42. The SMILES string of the molecule is CNc1ccc([S@](=O)Nc2ccccc2)cc1. The van der Waals surface area contributed by atoms with Crippen LogP contribution in [-0.4, -0.2) is 11.3 Å². The predicted molar refractivity (Wildman–Crippen MR) is 72.5 cm³/mol. The molecule has 17 heavy (non-hydrogen) atoms. The van der Waals surface area contributed by atoms with Gasteiger partial charge in [-0.3, -0.25) is 0 Å². The van der Waals surface area contributed by atoms with Gasteiger partial charge in [0.2, 0.25) is 0 Å². The summed E-state index contributed by atoms with van der Waals surface area (Å²) in [6.45, 7) is 0. The number of para-hydroxylation sites is 1. The van der Waals surface area contributed by atoms with E-state index in [1.807, 2.05) is 61.6 Å². The lowest BCUT2D eigenvalue weighted by Crippen LogP contribution is -2.04. The minimum absolute atomic E-state index is 0.757. The standard InChI is InChI=1S/C13H14N2OS/c1-14-11-7-9-13(10-8-11)17(16)15-12-5-3-2-4-6-12/h2-10,14-15H,1H3/t17-/m0/s1. The number of anilines is 2. The summed E-state index contributed by atoms with van der Waals surface area (Å²) in [4.78, 5) is 0.757. The second-order valence-electron chi connectivity index (χ2n) is 3.51. The van der Waals surface area contributed by atoms with Gasteiger partial charge in [0.1, 0.15) is 11.0 Å². The van der Waals surface area contributed by atoms with E-state index >= 15 is 0 Å². The molecule has 0 aliphatic heterocycles. The fourth-order valence-corrected chi connectivity index (χ4v) is 2.27. The molecule has 0 bridgehead atoms. The number of rotatable bonds is 4. The van der Waals surface area contributed by atoms with Crippen molar-refractivity contribution in [3.05, 3.63) is 54.6 Å². The molecule has 2 N–H and O–H groups in total. The fraction of sp³-hybridized carbons (Fsp3) is 0.0769. The second-order valence-corrected chi connectivity index (χ2v) is 4.72. The molecule has 0 radical (unpaired) electrons. The van der Waals surface area contributed by atoms with Crippen molar-refractivity contribution in [2.24, 2.45) is 0 Å². The zero-order chi connectivity index (χ0) is 12.1. The van der Waals surface area contributed by atoms with E-state index < -0.39 is 11.0 Å². The van der Waals surface area contributed by atoms with Crippen molar-refractivity contribution in [3.63, 3.8) is 0 Å². The van der Waals surface area contributed by atoms with E-state index in [-0.39, 0.29) is 0 Å². The quantitative estimate of drug-likeness (QED) is 0.871. The van der Waals surface area contributed by atoms with Crippen molar-refractivity contribution in [2.45, 2.75) is 4.90 Å². The molecule has 2 rings (SSSR count). The molecule has 88 valence electrons. The Hall–Kier alpha value is -1.81. The third-order valence-corrected chi connectivity index (χ3v) is 3.46. The summed E-state index contributed by atoms with van der Waals surface area (Å²) in [6, 6.07) is 17.0. The maximum Gasteiger partial charge on any atom is 0.150 e. The van der Waals surface area contributed by atoms with Crippen LogP contribution >= 0.6 is 0 Å². The van der Waals surface area contributed by atoms with E-state index in [1.165, 1.54) is 0 Å². The molecule has 0 fully saturated rings. The molecular formula is C13H14N2OS. The number of nitrogens with one attached hydrogen (secondary N) is 2. The second kappa shape index (κ2) is 5.50. The normalized spacial score (nSPS) is 11.8. The summed E-state index contributed by atoms with van der Waals surface area (Å²) in [5.74, 6) is 0. The van der Waals surface area contributed by atoms with Crippen molar-refractivity contribution >= 4 is 22.4 Å². The van der Waals surface area contributed by atoms with Gasteiger partial charge in [0.25, 0.3) is 0 Å². The molecule has 3 nitrogen and oxygen atoms in total. The molecule has 0 heterocycles. The van der Waals surface area contributed by atoms with Gasteiger partial charge in [0.05, 0.1) is 4.90 Å². The summed E-state index contributed by atoms with van der Waals surface area (Å²) in [5, 5.41) is 3.02. The Morgan fingerprint density at radius 1 is 0.882 bits per heavy atom. The van der Waals surface area contributed by atoms with Gasteiger partial charge in [0.15, 0.2) is 0 Å². The van der Waals surface area contributed by atoms with Crippen LogP contribution < -0.4 is 10.0 Å². The van der Waals surface area contributed by atoms with E-state index in [0.717, 1.165) is 16.3 Å². The summed E-state index contributed by atoms with van der Waals surface area (Å²) >= 11 is 0. The maximum atomic E-state index is 12.0. The summed E-state index contributed by atoms with van der Waals surface area (Å²) in [6.07, 6.45) is 0. The van der Waals surface area contributed by atoms with Crippen LogP contribution in [0.15, 0.2) is 59.5 Å². The highest BCUT2D eigenvalue weighted by atomic mass is 32.2. The monoisotopic (exact) mass is 246 g/mol. The molecule has 0 saturated carbocycles. The number of benzene rings is 2. The lowest BCUT2D eigenvalue weighted by atomic mass is 10.3. The van der Waals surface area contributed by atoms with E-state index in [9.17, 15) is 4.21 Å². The zero-order valence-corrected chi connectivity index (χ0v) is 10.3. The molecule has 0 aliphatic carbocycles. The molecule has 0 saturated heterocycles. The van der Waals surface area contributed by atoms with Gasteiger partial charge in [-0.25, -0.2) is 4.21 Å². The van der Waals surface area contributed by atoms with E-state index in [4.69, 9.17) is 0 Å². The van der Waals surface area contributed by atoms with Crippen LogP contribution in [0.25, 0.3) is 0 Å². The third-order valence-electron chi connectivity index (χ3n) is 2.34. The van der Waals surface area contributed by atoms with Crippen molar-refractivity contribution in [1.82, 2.24) is 0 Å². The molecule has 0 aliphatic rings. The summed E-state index contributed by atoms with van der Waals surface area (Å²) in [5.41, 5.74) is 1.86. The first-order valence-electron chi connectivity index (χ1n) is 5.31. The average molecular weight is 246 g/mol. The van der Waals surface area contributed by atoms with Gasteiger partial charge in [-0.05, 0) is 36.4 Å². The Morgan fingerprint density at radius 2 is 1.53 bits per heavy atom. The highest BCUT2D eigenvalue weighted by Gasteiger charge is 2.03. The van der Waals surface area contributed by atoms with Crippen LogP contribution in [0, 0.1) is 0 Å². The smallest absolute Gasteiger partial charge is 0.150 e. The first-order chi connectivity index (χ1) is 8.29. The lowest BCUT2D eigenvalue weighted by Gasteiger charge is -2.06. The first-order valence-corrected chi connectivity index (χ1v) is 6.46. The zero-order valence-electron chi connectivity index (χ0n) is 9.51. The largest absolute Gasteiger partial charge is 0.388 e. The van der Waals surface area contributed by atoms with Crippen LogP contribution in [0.4, 0.5) is 11.4 Å². The molecule has 1 atom stereocenters. The van der Waals surface area contributed by atoms with Crippen LogP contribution in [0.1, 0.15) is 0 Å². The molecule has 4 heteroatoms. The topological polar surface area (TPSA) is 41.1 Å². The van der Waals surface area contributed by atoms with Crippen molar-refractivity contribution < 1.29 is 4.21 Å². The first kappa shape index (κ1) is 11.7. The van der Waals surface area contributed by atoms with Gasteiger partial charge in [-0.1, -0.05) is 18.2 Å². The molecule has 0 aromatic heterocycles. The van der Waals surface area contributed by atoms with Gasteiger partial charge in [-0.2, -0.15) is 0 Å². The number of hydrogen-bond acceptors (Lipinski definition) is 2. The van der Waals surface area contributed by atoms with E-state index in [0.29, 0.717) is 0 Å². The van der Waals surface area contributed by atoms with Gasteiger partial charge < -0.3 is 10.0 Å². The highest BCUT2D eigenvalue weighted by Crippen LogP contribution is 2.14.